The molecule has 0 aliphatic carbocycles. The minimum atomic E-state index is -0.714. The molecule has 0 radical (unpaired) electrons. The molecule has 38 heavy (non-hydrogen) atoms. The lowest BCUT2D eigenvalue weighted by molar-refractivity contribution is -0.227. The number of hydrogen-bond acceptors (Lipinski definition) is 7. The van der Waals surface area contributed by atoms with Gasteiger partial charge in [0, 0.05) is 31.5 Å². The summed E-state index contributed by atoms with van der Waals surface area (Å²) in [5.41, 5.74) is 3.97. The Labute approximate surface area is 223 Å². The van der Waals surface area contributed by atoms with Gasteiger partial charge < -0.3 is 33.3 Å². The topological polar surface area (TPSA) is 75.7 Å². The second-order valence-corrected chi connectivity index (χ2v) is 9.45. The van der Waals surface area contributed by atoms with E-state index in [1.54, 1.807) is 28.4 Å². The van der Waals surface area contributed by atoms with E-state index in [4.69, 9.17) is 28.4 Å². The van der Waals surface area contributed by atoms with E-state index in [0.29, 0.717) is 49.8 Å². The van der Waals surface area contributed by atoms with Crippen LogP contribution < -0.4 is 23.7 Å². The summed E-state index contributed by atoms with van der Waals surface area (Å²) in [5, 5.41) is 0. The molecule has 0 N–H and O–H groups in total. The zero-order chi connectivity index (χ0) is 26.7. The van der Waals surface area contributed by atoms with Gasteiger partial charge in [0.05, 0.1) is 41.5 Å². The van der Waals surface area contributed by atoms with Crippen molar-refractivity contribution in [3.8, 4) is 39.9 Å². The predicted molar refractivity (Wildman–Crippen MR) is 142 cm³/mol. The van der Waals surface area contributed by atoms with Gasteiger partial charge in [-0.25, -0.2) is 0 Å². The van der Waals surface area contributed by atoms with E-state index in [1.807, 2.05) is 41.3 Å². The molecule has 3 aromatic carbocycles. The molecule has 1 amide bonds. The Morgan fingerprint density at radius 2 is 1.58 bits per heavy atom. The Morgan fingerprint density at radius 3 is 2.24 bits per heavy atom. The maximum absolute atomic E-state index is 13.1. The summed E-state index contributed by atoms with van der Waals surface area (Å²) in [6.45, 7) is 1.58. The number of piperidine rings is 1. The van der Waals surface area contributed by atoms with Gasteiger partial charge in [0.2, 0.25) is 17.4 Å². The zero-order valence-corrected chi connectivity index (χ0v) is 22.2. The Kier molecular flexibility index (Phi) is 7.33. The maximum atomic E-state index is 13.1. The number of methoxy groups -OCH3 is 4. The van der Waals surface area contributed by atoms with Crippen molar-refractivity contribution in [3.63, 3.8) is 0 Å². The monoisotopic (exact) mass is 519 g/mol. The van der Waals surface area contributed by atoms with Crippen LogP contribution in [0.4, 0.5) is 0 Å². The molecule has 8 nitrogen and oxygen atoms in total. The second-order valence-electron chi connectivity index (χ2n) is 9.45. The fourth-order valence-electron chi connectivity index (χ4n) is 5.08. The standard InChI is InChI=1S/C30H33NO7/c1-33-24-7-5-6-21(18-24)22-8-9-25-23(17-22)19-37-30(38-25)10-12-31(13-11-30)28(32)16-20-14-26(34-2)29(36-4)27(15-20)35-3/h5-9,14-15,17-18H,10-13,16,19H2,1-4H3. The number of likely N-dealkylation sites (tertiary alicyclic amines) is 1. The SMILES string of the molecule is COc1cccc(-c2ccc3c(c2)COC2(CCN(C(=O)Cc4cc(OC)c(OC)c(OC)c4)CC2)O3)c1. The highest BCUT2D eigenvalue weighted by atomic mass is 16.7. The molecule has 0 bridgehead atoms. The maximum Gasteiger partial charge on any atom is 0.227 e. The minimum absolute atomic E-state index is 0.0354. The number of ether oxygens (including phenoxy) is 6. The van der Waals surface area contributed by atoms with Crippen LogP contribution in [0.3, 0.4) is 0 Å². The van der Waals surface area contributed by atoms with Gasteiger partial charge in [-0.1, -0.05) is 18.2 Å². The van der Waals surface area contributed by atoms with Crippen molar-refractivity contribution in [2.75, 3.05) is 41.5 Å². The van der Waals surface area contributed by atoms with E-state index in [9.17, 15) is 4.79 Å². The number of hydrogen-bond donors (Lipinski definition) is 0. The molecule has 200 valence electrons. The molecule has 2 heterocycles. The van der Waals surface area contributed by atoms with Crippen molar-refractivity contribution in [2.24, 2.45) is 0 Å². The van der Waals surface area contributed by atoms with Crippen LogP contribution in [-0.2, 0) is 22.6 Å². The van der Waals surface area contributed by atoms with E-state index in [-0.39, 0.29) is 12.3 Å². The van der Waals surface area contributed by atoms with Crippen molar-refractivity contribution in [1.29, 1.82) is 0 Å². The van der Waals surface area contributed by atoms with Gasteiger partial charge in [-0.3, -0.25) is 4.79 Å². The third-order valence-electron chi connectivity index (χ3n) is 7.21. The van der Waals surface area contributed by atoms with Gasteiger partial charge in [-0.15, -0.1) is 0 Å². The lowest BCUT2D eigenvalue weighted by atomic mass is 9.98. The summed E-state index contributed by atoms with van der Waals surface area (Å²) in [6, 6.07) is 17.8. The first-order valence-electron chi connectivity index (χ1n) is 12.6. The highest BCUT2D eigenvalue weighted by Gasteiger charge is 2.42. The Morgan fingerprint density at radius 1 is 0.868 bits per heavy atom. The Balaban J connectivity index is 1.23. The second kappa shape index (κ2) is 10.8. The third-order valence-corrected chi connectivity index (χ3v) is 7.21. The number of rotatable bonds is 7. The zero-order valence-electron chi connectivity index (χ0n) is 22.2. The first kappa shape index (κ1) is 25.7. The molecule has 0 atom stereocenters. The van der Waals surface area contributed by atoms with Crippen LogP contribution in [0.1, 0.15) is 24.0 Å². The molecule has 0 saturated carbocycles. The number of benzene rings is 3. The average molecular weight is 520 g/mol. The molecule has 0 unspecified atom stereocenters. The molecule has 1 saturated heterocycles. The van der Waals surface area contributed by atoms with E-state index < -0.39 is 5.79 Å². The van der Waals surface area contributed by atoms with Crippen molar-refractivity contribution >= 4 is 5.91 Å². The third kappa shape index (κ3) is 5.09. The average Bonchev–Trinajstić information content (AvgIpc) is 2.96. The van der Waals surface area contributed by atoms with E-state index in [0.717, 1.165) is 33.8 Å². The van der Waals surface area contributed by atoms with Gasteiger partial charge in [-0.2, -0.15) is 0 Å². The lowest BCUT2D eigenvalue weighted by Gasteiger charge is -2.44. The molecular weight excluding hydrogens is 486 g/mol. The molecule has 5 rings (SSSR count). The summed E-state index contributed by atoms with van der Waals surface area (Å²) in [7, 11) is 6.35. The first-order chi connectivity index (χ1) is 18.5. The lowest BCUT2D eigenvalue weighted by Crippen LogP contribution is -2.52. The highest BCUT2D eigenvalue weighted by Crippen LogP contribution is 2.40. The summed E-state index contributed by atoms with van der Waals surface area (Å²) in [5.74, 6) is 2.54. The van der Waals surface area contributed by atoms with Gasteiger partial charge >= 0.3 is 0 Å². The van der Waals surface area contributed by atoms with Crippen LogP contribution in [0, 0.1) is 0 Å². The molecule has 0 aromatic heterocycles. The van der Waals surface area contributed by atoms with Gasteiger partial charge in [0.25, 0.3) is 0 Å². The van der Waals surface area contributed by atoms with E-state index in [1.165, 1.54) is 0 Å². The summed E-state index contributed by atoms with van der Waals surface area (Å²) in [6.07, 6.45) is 1.44. The summed E-state index contributed by atoms with van der Waals surface area (Å²) in [4.78, 5) is 15.0. The molecule has 1 fully saturated rings. The van der Waals surface area contributed by atoms with Gasteiger partial charge in [0.1, 0.15) is 11.5 Å². The van der Waals surface area contributed by atoms with Crippen LogP contribution in [0.5, 0.6) is 28.7 Å². The van der Waals surface area contributed by atoms with Crippen molar-refractivity contribution < 1.29 is 33.2 Å². The molecule has 1 spiro atoms. The number of amides is 1. The van der Waals surface area contributed by atoms with Crippen LogP contribution in [0.25, 0.3) is 11.1 Å². The van der Waals surface area contributed by atoms with Gasteiger partial charge in [0.15, 0.2) is 11.5 Å². The smallest absolute Gasteiger partial charge is 0.227 e. The van der Waals surface area contributed by atoms with Crippen LogP contribution >= 0.6 is 0 Å². The Hall–Kier alpha value is -3.91. The molecular formula is C30H33NO7. The minimum Gasteiger partial charge on any atom is -0.497 e. The number of nitrogens with zero attached hydrogens (tertiary/aromatic N) is 1. The van der Waals surface area contributed by atoms with E-state index >= 15 is 0 Å². The number of carbonyl (C=O) groups excluding carboxylic acids is 1. The number of fused-ring (bicyclic) bond motifs is 1. The van der Waals surface area contributed by atoms with Crippen molar-refractivity contribution in [2.45, 2.75) is 31.7 Å². The highest BCUT2D eigenvalue weighted by molar-refractivity contribution is 5.79. The summed E-state index contributed by atoms with van der Waals surface area (Å²) >= 11 is 0. The van der Waals surface area contributed by atoms with E-state index in [2.05, 4.69) is 18.2 Å². The molecule has 3 aromatic rings. The van der Waals surface area contributed by atoms with Crippen molar-refractivity contribution in [1.82, 2.24) is 4.90 Å². The molecule has 8 heteroatoms. The fourth-order valence-corrected chi connectivity index (χ4v) is 5.08. The predicted octanol–water partition coefficient (Wildman–Crippen LogP) is 4.86. The molecule has 2 aliphatic rings. The summed E-state index contributed by atoms with van der Waals surface area (Å²) < 4.78 is 34.3. The quantitative estimate of drug-likeness (QED) is 0.441. The van der Waals surface area contributed by atoms with Crippen LogP contribution in [0.2, 0.25) is 0 Å². The van der Waals surface area contributed by atoms with Crippen LogP contribution in [-0.4, -0.2) is 58.1 Å². The normalized spacial score (nSPS) is 15.8. The number of carbonyl (C=O) groups is 1. The fraction of sp³-hybridized carbons (Fsp3) is 0.367. The van der Waals surface area contributed by atoms with Crippen molar-refractivity contribution in [3.05, 3.63) is 65.7 Å². The van der Waals surface area contributed by atoms with Crippen LogP contribution in [0.15, 0.2) is 54.6 Å². The Bertz CT molecular complexity index is 1290. The van der Waals surface area contributed by atoms with Gasteiger partial charge in [-0.05, 0) is 53.1 Å². The molecule has 2 aliphatic heterocycles. The first-order valence-corrected chi connectivity index (χ1v) is 12.6. The largest absolute Gasteiger partial charge is 0.497 e.